The number of likely N-dealkylation sites (N-methyl/N-ethyl adjacent to an activating group) is 1. The van der Waals surface area contributed by atoms with Crippen molar-refractivity contribution in [3.8, 4) is 11.5 Å². The second kappa shape index (κ2) is 7.88. The fourth-order valence-corrected chi connectivity index (χ4v) is 1.86. The molecule has 0 aliphatic carbocycles. The SMILES string of the molecule is COc1cc(CC(C)N)ccc1OCC(=O)N(C)C(C)C. The molecule has 0 heterocycles. The van der Waals surface area contributed by atoms with Crippen LogP contribution in [-0.4, -0.2) is 43.7 Å². The molecule has 0 saturated carbocycles. The fourth-order valence-electron chi connectivity index (χ4n) is 1.86. The number of hydrogen-bond acceptors (Lipinski definition) is 4. The van der Waals surface area contributed by atoms with E-state index in [0.717, 1.165) is 12.0 Å². The van der Waals surface area contributed by atoms with E-state index in [0.29, 0.717) is 11.5 Å². The Morgan fingerprint density at radius 1 is 1.29 bits per heavy atom. The lowest BCUT2D eigenvalue weighted by Crippen LogP contribution is -2.36. The Balaban J connectivity index is 2.73. The van der Waals surface area contributed by atoms with E-state index in [1.165, 1.54) is 0 Å². The molecule has 0 radical (unpaired) electrons. The molecular formula is C16H26N2O3. The molecule has 0 aliphatic heterocycles. The highest BCUT2D eigenvalue weighted by Crippen LogP contribution is 2.28. The van der Waals surface area contributed by atoms with Crippen LogP contribution in [-0.2, 0) is 11.2 Å². The molecular weight excluding hydrogens is 268 g/mol. The molecule has 21 heavy (non-hydrogen) atoms. The van der Waals surface area contributed by atoms with Crippen molar-refractivity contribution in [2.45, 2.75) is 39.3 Å². The number of benzene rings is 1. The van der Waals surface area contributed by atoms with Crippen LogP contribution in [0, 0.1) is 0 Å². The zero-order valence-electron chi connectivity index (χ0n) is 13.6. The highest BCUT2D eigenvalue weighted by atomic mass is 16.5. The van der Waals surface area contributed by atoms with E-state index in [9.17, 15) is 4.79 Å². The maximum atomic E-state index is 11.9. The van der Waals surface area contributed by atoms with Gasteiger partial charge in [0.25, 0.3) is 5.91 Å². The summed E-state index contributed by atoms with van der Waals surface area (Å²) in [6.07, 6.45) is 0.770. The van der Waals surface area contributed by atoms with Crippen molar-refractivity contribution in [3.63, 3.8) is 0 Å². The van der Waals surface area contributed by atoms with Gasteiger partial charge < -0.3 is 20.1 Å². The number of nitrogens with two attached hydrogens (primary N) is 1. The lowest BCUT2D eigenvalue weighted by Gasteiger charge is -2.21. The number of carbonyl (C=O) groups excluding carboxylic acids is 1. The quantitative estimate of drug-likeness (QED) is 0.833. The first-order chi connectivity index (χ1) is 9.85. The Labute approximate surface area is 127 Å². The van der Waals surface area contributed by atoms with Gasteiger partial charge in [0, 0.05) is 19.1 Å². The van der Waals surface area contributed by atoms with E-state index in [1.54, 1.807) is 19.1 Å². The van der Waals surface area contributed by atoms with Crippen molar-refractivity contribution in [1.29, 1.82) is 0 Å². The van der Waals surface area contributed by atoms with Crippen molar-refractivity contribution in [2.24, 2.45) is 5.73 Å². The van der Waals surface area contributed by atoms with Crippen LogP contribution < -0.4 is 15.2 Å². The lowest BCUT2D eigenvalue weighted by atomic mass is 10.1. The summed E-state index contributed by atoms with van der Waals surface area (Å²) in [7, 11) is 3.35. The topological polar surface area (TPSA) is 64.8 Å². The Kier molecular flexibility index (Phi) is 6.49. The molecule has 1 aromatic carbocycles. The molecule has 0 fully saturated rings. The van der Waals surface area contributed by atoms with Crippen molar-refractivity contribution in [1.82, 2.24) is 4.90 Å². The monoisotopic (exact) mass is 294 g/mol. The Morgan fingerprint density at radius 3 is 2.48 bits per heavy atom. The minimum absolute atomic E-state index is 0.00230. The zero-order valence-corrected chi connectivity index (χ0v) is 13.6. The number of hydrogen-bond donors (Lipinski definition) is 1. The third-order valence-electron chi connectivity index (χ3n) is 3.30. The van der Waals surface area contributed by atoms with Crippen LogP contribution in [0.1, 0.15) is 26.3 Å². The molecule has 0 saturated heterocycles. The predicted octanol–water partition coefficient (Wildman–Crippen LogP) is 1.83. The second-order valence-electron chi connectivity index (χ2n) is 5.55. The molecule has 5 heteroatoms. The summed E-state index contributed by atoms with van der Waals surface area (Å²) in [6.45, 7) is 5.87. The molecule has 1 atom stereocenters. The summed E-state index contributed by atoms with van der Waals surface area (Å²) in [5.74, 6) is 1.12. The van der Waals surface area contributed by atoms with Crippen molar-refractivity contribution in [2.75, 3.05) is 20.8 Å². The average molecular weight is 294 g/mol. The van der Waals surface area contributed by atoms with E-state index in [1.807, 2.05) is 39.0 Å². The zero-order chi connectivity index (χ0) is 16.0. The van der Waals surface area contributed by atoms with Crippen molar-refractivity contribution < 1.29 is 14.3 Å². The van der Waals surface area contributed by atoms with Crippen LogP contribution in [0.15, 0.2) is 18.2 Å². The van der Waals surface area contributed by atoms with Gasteiger partial charge in [0.2, 0.25) is 0 Å². The van der Waals surface area contributed by atoms with Crippen LogP contribution in [0.25, 0.3) is 0 Å². The molecule has 5 nitrogen and oxygen atoms in total. The number of rotatable bonds is 7. The van der Waals surface area contributed by atoms with E-state index in [-0.39, 0.29) is 24.6 Å². The summed E-state index contributed by atoms with van der Waals surface area (Å²) in [6, 6.07) is 5.89. The minimum Gasteiger partial charge on any atom is -0.493 e. The number of nitrogens with zero attached hydrogens (tertiary/aromatic N) is 1. The number of amides is 1. The van der Waals surface area contributed by atoms with Crippen molar-refractivity contribution >= 4 is 5.91 Å². The molecule has 0 bridgehead atoms. The third-order valence-corrected chi connectivity index (χ3v) is 3.30. The number of methoxy groups -OCH3 is 1. The Bertz CT molecular complexity index is 473. The summed E-state index contributed by atoms with van der Waals surface area (Å²) < 4.78 is 10.9. The molecule has 0 aromatic heterocycles. The predicted molar refractivity (Wildman–Crippen MR) is 83.7 cm³/mol. The lowest BCUT2D eigenvalue weighted by molar-refractivity contribution is -0.133. The highest BCUT2D eigenvalue weighted by molar-refractivity contribution is 5.77. The molecule has 0 spiro atoms. The van der Waals surface area contributed by atoms with Gasteiger partial charge in [-0.05, 0) is 44.9 Å². The van der Waals surface area contributed by atoms with Gasteiger partial charge in [0.15, 0.2) is 18.1 Å². The molecule has 1 rings (SSSR count). The van der Waals surface area contributed by atoms with Crippen molar-refractivity contribution in [3.05, 3.63) is 23.8 Å². The van der Waals surface area contributed by atoms with Gasteiger partial charge in [-0.2, -0.15) is 0 Å². The first kappa shape index (κ1) is 17.3. The van der Waals surface area contributed by atoms with Gasteiger partial charge >= 0.3 is 0 Å². The molecule has 2 N–H and O–H groups in total. The van der Waals surface area contributed by atoms with Crippen LogP contribution in [0.4, 0.5) is 0 Å². The number of carbonyl (C=O) groups is 1. The van der Waals surface area contributed by atoms with Gasteiger partial charge in [0.05, 0.1) is 7.11 Å². The third kappa shape index (κ3) is 5.27. The van der Waals surface area contributed by atoms with Crippen LogP contribution in [0.5, 0.6) is 11.5 Å². The maximum absolute atomic E-state index is 11.9. The van der Waals surface area contributed by atoms with Crippen LogP contribution in [0.2, 0.25) is 0 Å². The summed E-state index contributed by atoms with van der Waals surface area (Å²) >= 11 is 0. The Morgan fingerprint density at radius 2 is 1.95 bits per heavy atom. The highest BCUT2D eigenvalue weighted by Gasteiger charge is 2.14. The minimum atomic E-state index is -0.0632. The first-order valence-corrected chi connectivity index (χ1v) is 7.16. The second-order valence-corrected chi connectivity index (χ2v) is 5.55. The fraction of sp³-hybridized carbons (Fsp3) is 0.562. The average Bonchev–Trinajstić information content (AvgIpc) is 2.43. The molecule has 1 amide bonds. The van der Waals surface area contributed by atoms with Gasteiger partial charge in [-0.25, -0.2) is 0 Å². The Hall–Kier alpha value is -1.75. The normalized spacial score (nSPS) is 12.1. The van der Waals surface area contributed by atoms with E-state index >= 15 is 0 Å². The molecule has 1 aromatic rings. The van der Waals surface area contributed by atoms with Gasteiger partial charge in [-0.15, -0.1) is 0 Å². The largest absolute Gasteiger partial charge is 0.493 e. The van der Waals surface area contributed by atoms with Gasteiger partial charge in [-0.1, -0.05) is 6.07 Å². The molecule has 0 aliphatic rings. The summed E-state index contributed by atoms with van der Waals surface area (Å²) in [5, 5.41) is 0. The standard InChI is InChI=1S/C16H26N2O3/c1-11(2)18(4)16(19)10-21-14-7-6-13(8-12(3)17)9-15(14)20-5/h6-7,9,11-12H,8,10,17H2,1-5H3. The van der Waals surface area contributed by atoms with Crippen LogP contribution in [0.3, 0.4) is 0 Å². The number of ether oxygens (including phenoxy) is 2. The smallest absolute Gasteiger partial charge is 0.260 e. The van der Waals surface area contributed by atoms with Gasteiger partial charge in [-0.3, -0.25) is 4.79 Å². The van der Waals surface area contributed by atoms with Gasteiger partial charge in [0.1, 0.15) is 0 Å². The van der Waals surface area contributed by atoms with E-state index in [2.05, 4.69) is 0 Å². The van der Waals surface area contributed by atoms with E-state index in [4.69, 9.17) is 15.2 Å². The first-order valence-electron chi connectivity index (χ1n) is 7.16. The maximum Gasteiger partial charge on any atom is 0.260 e. The van der Waals surface area contributed by atoms with E-state index < -0.39 is 0 Å². The summed E-state index contributed by atoms with van der Waals surface area (Å²) in [4.78, 5) is 13.6. The molecule has 118 valence electrons. The molecule has 1 unspecified atom stereocenters. The summed E-state index contributed by atoms with van der Waals surface area (Å²) in [5.41, 5.74) is 6.87. The van der Waals surface area contributed by atoms with Crippen LogP contribution >= 0.6 is 0 Å².